The van der Waals surface area contributed by atoms with Crippen LogP contribution in [0.1, 0.15) is 31.1 Å². The van der Waals surface area contributed by atoms with Crippen molar-refractivity contribution < 1.29 is 19.1 Å². The summed E-state index contributed by atoms with van der Waals surface area (Å²) in [6.45, 7) is 6.10. The van der Waals surface area contributed by atoms with Gasteiger partial charge in [-0.1, -0.05) is 0 Å². The fourth-order valence-corrected chi connectivity index (χ4v) is 1.51. The Morgan fingerprint density at radius 2 is 2.00 bits per heavy atom. The van der Waals surface area contributed by atoms with E-state index in [0.29, 0.717) is 23.7 Å². The van der Waals surface area contributed by atoms with Gasteiger partial charge in [-0.15, -0.1) is 0 Å². The number of carbonyl (C=O) groups is 2. The fraction of sp³-hybridized carbons (Fsp3) is 0.467. The Morgan fingerprint density at radius 1 is 1.30 bits per heavy atom. The van der Waals surface area contributed by atoms with Crippen molar-refractivity contribution in [1.29, 1.82) is 0 Å². The molecule has 5 nitrogen and oxygen atoms in total. The number of hydrogen-bond acceptors (Lipinski definition) is 4. The van der Waals surface area contributed by atoms with Gasteiger partial charge in [0.25, 0.3) is 5.91 Å². The number of rotatable bonds is 7. The number of likely N-dealkylation sites (N-methyl/N-ethyl adjacent to an activating group) is 1. The topological polar surface area (TPSA) is 55.8 Å². The summed E-state index contributed by atoms with van der Waals surface area (Å²) in [6.07, 6.45) is 0.740. The summed E-state index contributed by atoms with van der Waals surface area (Å²) in [5, 5.41) is 0. The maximum Gasteiger partial charge on any atom is 0.260 e. The number of amides is 1. The number of hydrogen-bond donors (Lipinski definition) is 0. The van der Waals surface area contributed by atoms with Crippen molar-refractivity contribution in [2.24, 2.45) is 0 Å². The van der Waals surface area contributed by atoms with Crippen molar-refractivity contribution in [3.8, 4) is 11.5 Å². The molecule has 0 aliphatic carbocycles. The maximum absolute atomic E-state index is 11.9. The first-order valence-corrected chi connectivity index (χ1v) is 6.60. The highest BCUT2D eigenvalue weighted by atomic mass is 16.5. The van der Waals surface area contributed by atoms with Crippen LogP contribution < -0.4 is 9.47 Å². The zero-order chi connectivity index (χ0) is 15.1. The van der Waals surface area contributed by atoms with Crippen molar-refractivity contribution in [3.05, 3.63) is 23.8 Å². The summed E-state index contributed by atoms with van der Waals surface area (Å²) in [7, 11) is 1.73. The van der Waals surface area contributed by atoms with Gasteiger partial charge in [0.1, 0.15) is 6.29 Å². The summed E-state index contributed by atoms with van der Waals surface area (Å²) in [4.78, 5) is 24.2. The van der Waals surface area contributed by atoms with Gasteiger partial charge in [0.2, 0.25) is 0 Å². The molecular formula is C15H21NO4. The van der Waals surface area contributed by atoms with Crippen LogP contribution in [0.4, 0.5) is 0 Å². The van der Waals surface area contributed by atoms with Gasteiger partial charge in [-0.25, -0.2) is 0 Å². The van der Waals surface area contributed by atoms with E-state index in [1.165, 1.54) is 0 Å². The Kier molecular flexibility index (Phi) is 6.03. The molecule has 1 rings (SSSR count). The van der Waals surface area contributed by atoms with Gasteiger partial charge in [0, 0.05) is 18.7 Å². The SMILES string of the molecule is CCOc1cc(C=O)ccc1OCC(=O)N(C)C(C)C. The lowest BCUT2D eigenvalue weighted by molar-refractivity contribution is -0.133. The van der Waals surface area contributed by atoms with E-state index in [-0.39, 0.29) is 18.6 Å². The van der Waals surface area contributed by atoms with E-state index < -0.39 is 0 Å². The summed E-state index contributed by atoms with van der Waals surface area (Å²) in [5.41, 5.74) is 0.506. The van der Waals surface area contributed by atoms with E-state index in [9.17, 15) is 9.59 Å². The largest absolute Gasteiger partial charge is 0.490 e. The van der Waals surface area contributed by atoms with Crippen molar-refractivity contribution in [2.75, 3.05) is 20.3 Å². The molecule has 0 unspecified atom stereocenters. The van der Waals surface area contributed by atoms with E-state index in [2.05, 4.69) is 0 Å². The number of ether oxygens (including phenoxy) is 2. The molecule has 1 aromatic carbocycles. The minimum Gasteiger partial charge on any atom is -0.490 e. The van der Waals surface area contributed by atoms with Crippen LogP contribution in [-0.2, 0) is 4.79 Å². The summed E-state index contributed by atoms with van der Waals surface area (Å²) < 4.78 is 10.9. The van der Waals surface area contributed by atoms with E-state index in [0.717, 1.165) is 6.29 Å². The van der Waals surface area contributed by atoms with Crippen LogP contribution >= 0.6 is 0 Å². The van der Waals surface area contributed by atoms with Gasteiger partial charge >= 0.3 is 0 Å². The van der Waals surface area contributed by atoms with Crippen molar-refractivity contribution in [3.63, 3.8) is 0 Å². The lowest BCUT2D eigenvalue weighted by atomic mass is 10.2. The summed E-state index contributed by atoms with van der Waals surface area (Å²) in [6, 6.07) is 4.98. The Labute approximate surface area is 119 Å². The number of benzene rings is 1. The molecule has 1 amide bonds. The molecule has 0 aliphatic heterocycles. The van der Waals surface area contributed by atoms with E-state index >= 15 is 0 Å². The molecule has 0 aliphatic rings. The van der Waals surface area contributed by atoms with E-state index in [1.54, 1.807) is 30.1 Å². The molecule has 0 heterocycles. The molecule has 0 fully saturated rings. The number of nitrogens with zero attached hydrogens (tertiary/aromatic N) is 1. The molecule has 1 aromatic rings. The highest BCUT2D eigenvalue weighted by Crippen LogP contribution is 2.28. The predicted octanol–water partition coefficient (Wildman–Crippen LogP) is 2.14. The van der Waals surface area contributed by atoms with Crippen LogP contribution in [0.5, 0.6) is 11.5 Å². The van der Waals surface area contributed by atoms with Crippen LogP contribution in [0, 0.1) is 0 Å². The van der Waals surface area contributed by atoms with Gasteiger partial charge in [0.15, 0.2) is 18.1 Å². The fourth-order valence-electron chi connectivity index (χ4n) is 1.51. The maximum atomic E-state index is 11.9. The molecule has 0 atom stereocenters. The minimum atomic E-state index is -0.109. The Bertz CT molecular complexity index is 471. The zero-order valence-corrected chi connectivity index (χ0v) is 12.4. The first-order valence-electron chi connectivity index (χ1n) is 6.60. The Morgan fingerprint density at radius 3 is 2.55 bits per heavy atom. The van der Waals surface area contributed by atoms with Gasteiger partial charge in [-0.2, -0.15) is 0 Å². The average molecular weight is 279 g/mol. The van der Waals surface area contributed by atoms with Crippen LogP contribution in [0.25, 0.3) is 0 Å². The van der Waals surface area contributed by atoms with Gasteiger partial charge in [-0.05, 0) is 39.0 Å². The molecule has 0 aromatic heterocycles. The summed E-state index contributed by atoms with van der Waals surface area (Å²) >= 11 is 0. The summed E-state index contributed by atoms with van der Waals surface area (Å²) in [5.74, 6) is 0.821. The van der Waals surface area contributed by atoms with E-state index in [4.69, 9.17) is 9.47 Å². The van der Waals surface area contributed by atoms with Gasteiger partial charge < -0.3 is 14.4 Å². The molecule has 0 N–H and O–H groups in total. The van der Waals surface area contributed by atoms with Crippen LogP contribution in [0.2, 0.25) is 0 Å². The second-order valence-corrected chi connectivity index (χ2v) is 4.64. The number of carbonyl (C=O) groups excluding carboxylic acids is 2. The highest BCUT2D eigenvalue weighted by Gasteiger charge is 2.14. The van der Waals surface area contributed by atoms with Crippen molar-refractivity contribution in [2.45, 2.75) is 26.8 Å². The second kappa shape index (κ2) is 7.53. The second-order valence-electron chi connectivity index (χ2n) is 4.64. The predicted molar refractivity (Wildman–Crippen MR) is 76.4 cm³/mol. The highest BCUT2D eigenvalue weighted by molar-refractivity contribution is 5.78. The van der Waals surface area contributed by atoms with Crippen molar-refractivity contribution in [1.82, 2.24) is 4.90 Å². The third kappa shape index (κ3) is 4.26. The molecule has 110 valence electrons. The first kappa shape index (κ1) is 16.0. The molecule has 0 bridgehead atoms. The van der Waals surface area contributed by atoms with Gasteiger partial charge in [0.05, 0.1) is 6.61 Å². The van der Waals surface area contributed by atoms with Crippen LogP contribution in [0.3, 0.4) is 0 Å². The lowest BCUT2D eigenvalue weighted by Crippen LogP contribution is -2.36. The molecule has 0 saturated heterocycles. The molecule has 0 radical (unpaired) electrons. The normalized spacial score (nSPS) is 10.2. The first-order chi connectivity index (χ1) is 9.49. The third-order valence-corrected chi connectivity index (χ3v) is 2.92. The van der Waals surface area contributed by atoms with Gasteiger partial charge in [-0.3, -0.25) is 9.59 Å². The standard InChI is InChI=1S/C15H21NO4/c1-5-19-14-8-12(9-17)6-7-13(14)20-10-15(18)16(4)11(2)3/h6-9,11H,5,10H2,1-4H3. The third-order valence-electron chi connectivity index (χ3n) is 2.92. The average Bonchev–Trinajstić information content (AvgIpc) is 2.44. The van der Waals surface area contributed by atoms with E-state index in [1.807, 2.05) is 20.8 Å². The lowest BCUT2D eigenvalue weighted by Gasteiger charge is -2.21. The molecule has 0 spiro atoms. The quantitative estimate of drug-likeness (QED) is 0.718. The van der Waals surface area contributed by atoms with Crippen molar-refractivity contribution >= 4 is 12.2 Å². The molecular weight excluding hydrogens is 258 g/mol. The molecule has 0 saturated carbocycles. The monoisotopic (exact) mass is 279 g/mol. The Hall–Kier alpha value is -2.04. The molecule has 20 heavy (non-hydrogen) atoms. The smallest absolute Gasteiger partial charge is 0.260 e. The van der Waals surface area contributed by atoms with Crippen LogP contribution in [0.15, 0.2) is 18.2 Å². The zero-order valence-electron chi connectivity index (χ0n) is 12.4. The minimum absolute atomic E-state index is 0.0603. The Balaban J connectivity index is 2.76. The number of aldehydes is 1. The molecule has 5 heteroatoms. The van der Waals surface area contributed by atoms with Crippen LogP contribution in [-0.4, -0.2) is 43.4 Å².